The number of hydrogen-bond donors (Lipinski definition) is 1. The van der Waals surface area contributed by atoms with Crippen molar-refractivity contribution >= 4 is 22.6 Å². The van der Waals surface area contributed by atoms with Crippen LogP contribution in [0.2, 0.25) is 0 Å². The summed E-state index contributed by atoms with van der Waals surface area (Å²) in [5.74, 6) is 1.48. The van der Waals surface area contributed by atoms with Crippen LogP contribution < -0.4 is 15.0 Å². The molecule has 0 saturated carbocycles. The van der Waals surface area contributed by atoms with Crippen LogP contribution in [0.5, 0.6) is 5.75 Å². The number of fused-ring (bicyclic) bond motifs is 1. The first-order valence-electron chi connectivity index (χ1n) is 9.78. The van der Waals surface area contributed by atoms with Crippen LogP contribution >= 0.6 is 0 Å². The van der Waals surface area contributed by atoms with Crippen LogP contribution in [-0.4, -0.2) is 54.2 Å². The SMILES string of the molecule is COc1ccc(N2CCN(C(=O)NCc3nc(C)c4ccccc4n3)CC2)cc1. The summed E-state index contributed by atoms with van der Waals surface area (Å²) in [6.07, 6.45) is 0. The average molecular weight is 391 g/mol. The number of para-hydroxylation sites is 1. The number of nitrogens with zero attached hydrogens (tertiary/aromatic N) is 4. The molecule has 1 aliphatic heterocycles. The molecule has 0 bridgehead atoms. The molecule has 1 N–H and O–H groups in total. The molecule has 1 fully saturated rings. The summed E-state index contributed by atoms with van der Waals surface area (Å²) in [5.41, 5.74) is 2.97. The average Bonchev–Trinajstić information content (AvgIpc) is 2.78. The summed E-state index contributed by atoms with van der Waals surface area (Å²) in [5, 5.41) is 4.00. The fourth-order valence-corrected chi connectivity index (χ4v) is 3.60. The van der Waals surface area contributed by atoms with Crippen molar-refractivity contribution in [3.8, 4) is 5.75 Å². The summed E-state index contributed by atoms with van der Waals surface area (Å²) in [6.45, 7) is 5.23. The molecule has 1 aliphatic rings. The van der Waals surface area contributed by atoms with Gasteiger partial charge in [0.25, 0.3) is 0 Å². The van der Waals surface area contributed by atoms with E-state index >= 15 is 0 Å². The van der Waals surface area contributed by atoms with Gasteiger partial charge in [0, 0.05) is 42.9 Å². The van der Waals surface area contributed by atoms with Gasteiger partial charge in [-0.05, 0) is 37.3 Å². The molecule has 7 nitrogen and oxygen atoms in total. The van der Waals surface area contributed by atoms with Crippen molar-refractivity contribution in [1.82, 2.24) is 20.2 Å². The maximum absolute atomic E-state index is 12.6. The maximum atomic E-state index is 12.6. The lowest BCUT2D eigenvalue weighted by Crippen LogP contribution is -2.51. The Morgan fingerprint density at radius 1 is 1.03 bits per heavy atom. The molecule has 2 aromatic carbocycles. The Balaban J connectivity index is 1.32. The number of carbonyl (C=O) groups excluding carboxylic acids is 1. The molecule has 1 saturated heterocycles. The Morgan fingerprint density at radius 2 is 1.76 bits per heavy atom. The van der Waals surface area contributed by atoms with Crippen molar-refractivity contribution < 1.29 is 9.53 Å². The first-order valence-corrected chi connectivity index (χ1v) is 9.78. The second-order valence-electron chi connectivity index (χ2n) is 7.07. The van der Waals surface area contributed by atoms with Crippen LogP contribution in [0.4, 0.5) is 10.5 Å². The number of hydrogen-bond acceptors (Lipinski definition) is 5. The number of carbonyl (C=O) groups is 1. The number of aromatic nitrogens is 2. The molecule has 2 amide bonds. The number of rotatable bonds is 4. The topological polar surface area (TPSA) is 70.6 Å². The standard InChI is InChI=1S/C22H25N5O2/c1-16-19-5-3-4-6-20(19)25-21(24-16)15-23-22(28)27-13-11-26(12-14-27)17-7-9-18(29-2)10-8-17/h3-10H,11-15H2,1-2H3,(H,23,28). The number of piperazine rings is 1. The van der Waals surface area contributed by atoms with Gasteiger partial charge in [0.1, 0.15) is 11.6 Å². The summed E-state index contributed by atoms with van der Waals surface area (Å²) in [4.78, 5) is 25.8. The number of methoxy groups -OCH3 is 1. The van der Waals surface area contributed by atoms with E-state index in [2.05, 4.69) is 20.2 Å². The van der Waals surface area contributed by atoms with Gasteiger partial charge in [0.2, 0.25) is 0 Å². The molecule has 3 aromatic rings. The summed E-state index contributed by atoms with van der Waals surface area (Å²) < 4.78 is 5.21. The first-order chi connectivity index (χ1) is 14.1. The fraction of sp³-hybridized carbons (Fsp3) is 0.318. The van der Waals surface area contributed by atoms with E-state index < -0.39 is 0 Å². The molecule has 0 atom stereocenters. The lowest BCUT2D eigenvalue weighted by atomic mass is 10.2. The molecular formula is C22H25N5O2. The van der Waals surface area contributed by atoms with Crippen LogP contribution in [-0.2, 0) is 6.54 Å². The Bertz CT molecular complexity index is 998. The molecular weight excluding hydrogens is 366 g/mol. The molecule has 0 unspecified atom stereocenters. The molecule has 0 spiro atoms. The summed E-state index contributed by atoms with van der Waals surface area (Å²) >= 11 is 0. The molecule has 0 aliphatic carbocycles. The Labute approximate surface area is 170 Å². The van der Waals surface area contributed by atoms with E-state index in [-0.39, 0.29) is 6.03 Å². The number of amides is 2. The number of nitrogens with one attached hydrogen (secondary N) is 1. The number of benzene rings is 2. The van der Waals surface area contributed by atoms with Crippen molar-refractivity contribution in [1.29, 1.82) is 0 Å². The largest absolute Gasteiger partial charge is 0.497 e. The van der Waals surface area contributed by atoms with Gasteiger partial charge in [-0.25, -0.2) is 14.8 Å². The van der Waals surface area contributed by atoms with Gasteiger partial charge in [-0.15, -0.1) is 0 Å². The van der Waals surface area contributed by atoms with Crippen LogP contribution in [0.1, 0.15) is 11.5 Å². The van der Waals surface area contributed by atoms with Gasteiger partial charge in [0.15, 0.2) is 0 Å². The molecule has 4 rings (SSSR count). The second kappa shape index (κ2) is 8.34. The highest BCUT2D eigenvalue weighted by molar-refractivity contribution is 5.80. The maximum Gasteiger partial charge on any atom is 0.317 e. The number of anilines is 1. The monoisotopic (exact) mass is 391 g/mol. The smallest absolute Gasteiger partial charge is 0.317 e. The molecule has 150 valence electrons. The third-order valence-corrected chi connectivity index (χ3v) is 5.24. The van der Waals surface area contributed by atoms with Crippen molar-refractivity contribution in [3.05, 3.63) is 60.0 Å². The number of aryl methyl sites for hydroxylation is 1. The van der Waals surface area contributed by atoms with Crippen molar-refractivity contribution in [2.75, 3.05) is 38.2 Å². The molecule has 2 heterocycles. The predicted octanol–water partition coefficient (Wildman–Crippen LogP) is 2.98. The number of ether oxygens (including phenoxy) is 1. The summed E-state index contributed by atoms with van der Waals surface area (Å²) in [7, 11) is 1.66. The Morgan fingerprint density at radius 3 is 2.48 bits per heavy atom. The van der Waals surface area contributed by atoms with E-state index in [1.54, 1.807) is 7.11 Å². The lowest BCUT2D eigenvalue weighted by Gasteiger charge is -2.36. The molecule has 0 radical (unpaired) electrons. The van der Waals surface area contributed by atoms with E-state index in [1.165, 1.54) is 0 Å². The van der Waals surface area contributed by atoms with E-state index in [0.717, 1.165) is 41.1 Å². The highest BCUT2D eigenvalue weighted by atomic mass is 16.5. The zero-order chi connectivity index (χ0) is 20.2. The molecule has 29 heavy (non-hydrogen) atoms. The minimum absolute atomic E-state index is 0.0752. The highest BCUT2D eigenvalue weighted by Gasteiger charge is 2.21. The van der Waals surface area contributed by atoms with Crippen LogP contribution in [0.15, 0.2) is 48.5 Å². The minimum atomic E-state index is -0.0752. The molecule has 7 heteroatoms. The fourth-order valence-electron chi connectivity index (χ4n) is 3.60. The van der Waals surface area contributed by atoms with Crippen molar-refractivity contribution in [2.45, 2.75) is 13.5 Å². The first kappa shape index (κ1) is 19.0. The predicted molar refractivity (Wildman–Crippen MR) is 113 cm³/mol. The highest BCUT2D eigenvalue weighted by Crippen LogP contribution is 2.20. The second-order valence-corrected chi connectivity index (χ2v) is 7.07. The van der Waals surface area contributed by atoms with Crippen LogP contribution in [0.25, 0.3) is 10.9 Å². The van der Waals surface area contributed by atoms with Gasteiger partial charge < -0.3 is 19.9 Å². The third-order valence-electron chi connectivity index (χ3n) is 5.24. The lowest BCUT2D eigenvalue weighted by molar-refractivity contribution is 0.193. The van der Waals surface area contributed by atoms with Crippen molar-refractivity contribution in [2.24, 2.45) is 0 Å². The zero-order valence-corrected chi connectivity index (χ0v) is 16.8. The minimum Gasteiger partial charge on any atom is -0.497 e. The van der Waals surface area contributed by atoms with Crippen LogP contribution in [0.3, 0.4) is 0 Å². The zero-order valence-electron chi connectivity index (χ0n) is 16.8. The van der Waals surface area contributed by atoms with E-state index in [4.69, 9.17) is 4.74 Å². The van der Waals surface area contributed by atoms with Gasteiger partial charge in [-0.3, -0.25) is 0 Å². The van der Waals surface area contributed by atoms with Gasteiger partial charge in [-0.1, -0.05) is 18.2 Å². The molecule has 1 aromatic heterocycles. The summed E-state index contributed by atoms with van der Waals surface area (Å²) in [6, 6.07) is 15.9. The van der Waals surface area contributed by atoms with Gasteiger partial charge in [-0.2, -0.15) is 0 Å². The third kappa shape index (κ3) is 4.23. The Hall–Kier alpha value is -3.35. The Kier molecular flexibility index (Phi) is 5.46. The quantitative estimate of drug-likeness (QED) is 0.740. The van der Waals surface area contributed by atoms with Crippen molar-refractivity contribution in [3.63, 3.8) is 0 Å². The van der Waals surface area contributed by atoms with E-state index in [0.29, 0.717) is 25.5 Å². The normalized spacial score (nSPS) is 14.1. The van der Waals surface area contributed by atoms with Crippen LogP contribution in [0, 0.1) is 6.92 Å². The van der Waals surface area contributed by atoms with Gasteiger partial charge in [0.05, 0.1) is 19.2 Å². The van der Waals surface area contributed by atoms with E-state index in [1.807, 2.05) is 60.4 Å². The van der Waals surface area contributed by atoms with E-state index in [9.17, 15) is 4.79 Å². The van der Waals surface area contributed by atoms with Gasteiger partial charge >= 0.3 is 6.03 Å². The number of urea groups is 1.